The lowest BCUT2D eigenvalue weighted by molar-refractivity contribution is -0.275. The topological polar surface area (TPSA) is 55.8 Å². The van der Waals surface area contributed by atoms with Crippen molar-refractivity contribution in [3.05, 3.63) is 65.7 Å². The van der Waals surface area contributed by atoms with Crippen LogP contribution in [0, 0.1) is 0 Å². The second-order valence-corrected chi connectivity index (χ2v) is 4.70. The number of carboxylic acid groups (broad SMARTS) is 1. The lowest BCUT2D eigenvalue weighted by Crippen LogP contribution is -2.17. The maximum Gasteiger partial charge on any atom is 0.573 e. The van der Waals surface area contributed by atoms with Crippen LogP contribution in [0.15, 0.2) is 54.6 Å². The summed E-state index contributed by atoms with van der Waals surface area (Å²) in [6.07, 6.45) is -2.91. The first-order valence-electron chi connectivity index (χ1n) is 6.81. The van der Waals surface area contributed by atoms with Crippen molar-refractivity contribution in [1.29, 1.82) is 0 Å². The lowest BCUT2D eigenvalue weighted by Gasteiger charge is -2.15. The van der Waals surface area contributed by atoms with E-state index >= 15 is 0 Å². The monoisotopic (exact) mass is 338 g/mol. The Balaban J connectivity index is 2.23. The number of rotatable bonds is 6. The van der Waals surface area contributed by atoms with Gasteiger partial charge in [-0.05, 0) is 29.3 Å². The molecule has 0 amide bonds. The van der Waals surface area contributed by atoms with Gasteiger partial charge in [0.15, 0.2) is 11.5 Å². The van der Waals surface area contributed by atoms with Gasteiger partial charge in [0.2, 0.25) is 0 Å². The zero-order valence-electron chi connectivity index (χ0n) is 12.3. The molecular weight excluding hydrogens is 325 g/mol. The number of aliphatic carboxylic acids is 1. The number of halogens is 3. The van der Waals surface area contributed by atoms with Crippen LogP contribution in [0.3, 0.4) is 0 Å². The van der Waals surface area contributed by atoms with Gasteiger partial charge in [0.1, 0.15) is 6.61 Å². The minimum Gasteiger partial charge on any atom is -0.485 e. The summed E-state index contributed by atoms with van der Waals surface area (Å²) < 4.78 is 47.0. The molecule has 0 unspecified atom stereocenters. The summed E-state index contributed by atoms with van der Waals surface area (Å²) in [7, 11) is 0. The second-order valence-electron chi connectivity index (χ2n) is 4.70. The van der Waals surface area contributed by atoms with E-state index in [2.05, 4.69) is 4.74 Å². The number of carbonyl (C=O) groups is 1. The number of hydrogen-bond acceptors (Lipinski definition) is 3. The van der Waals surface area contributed by atoms with Gasteiger partial charge in [-0.3, -0.25) is 0 Å². The first-order chi connectivity index (χ1) is 11.3. The molecule has 0 aromatic heterocycles. The Labute approximate surface area is 135 Å². The largest absolute Gasteiger partial charge is 0.573 e. The molecule has 0 spiro atoms. The number of ether oxygens (including phenoxy) is 2. The van der Waals surface area contributed by atoms with Crippen LogP contribution >= 0.6 is 0 Å². The highest BCUT2D eigenvalue weighted by Crippen LogP contribution is 2.34. The van der Waals surface area contributed by atoms with Crippen LogP contribution in [0.25, 0.3) is 6.08 Å². The zero-order valence-corrected chi connectivity index (χ0v) is 12.3. The molecule has 126 valence electrons. The van der Waals surface area contributed by atoms with Gasteiger partial charge in [-0.2, -0.15) is 0 Å². The molecular formula is C17H13F3O4. The van der Waals surface area contributed by atoms with Crippen LogP contribution in [0.4, 0.5) is 13.2 Å². The molecule has 0 bridgehead atoms. The van der Waals surface area contributed by atoms with Gasteiger partial charge >= 0.3 is 12.3 Å². The highest BCUT2D eigenvalue weighted by atomic mass is 19.4. The molecule has 7 heteroatoms. The van der Waals surface area contributed by atoms with Gasteiger partial charge in [0.05, 0.1) is 0 Å². The van der Waals surface area contributed by atoms with Gasteiger partial charge < -0.3 is 14.6 Å². The summed E-state index contributed by atoms with van der Waals surface area (Å²) in [5, 5.41) is 8.57. The molecule has 2 aromatic carbocycles. The van der Waals surface area contributed by atoms with E-state index in [-0.39, 0.29) is 17.9 Å². The standard InChI is InChI=1S/C17H13F3O4/c18-17(19,20)24-15-10-12(7-9-16(21)22)6-8-14(15)23-11-13-4-2-1-3-5-13/h1-10H,11H2,(H,21,22)/b9-7+. The summed E-state index contributed by atoms with van der Waals surface area (Å²) in [4.78, 5) is 10.5. The minimum atomic E-state index is -4.89. The van der Waals surface area contributed by atoms with E-state index < -0.39 is 18.1 Å². The van der Waals surface area contributed by atoms with Crippen molar-refractivity contribution in [2.24, 2.45) is 0 Å². The molecule has 0 aliphatic carbocycles. The highest BCUT2D eigenvalue weighted by Gasteiger charge is 2.32. The van der Waals surface area contributed by atoms with Gasteiger partial charge in [-0.1, -0.05) is 36.4 Å². The number of carboxylic acids is 1. The van der Waals surface area contributed by atoms with Crippen molar-refractivity contribution >= 4 is 12.0 Å². The fourth-order valence-electron chi connectivity index (χ4n) is 1.85. The Bertz CT molecular complexity index is 724. The third-order valence-electron chi connectivity index (χ3n) is 2.85. The van der Waals surface area contributed by atoms with E-state index in [0.717, 1.165) is 23.8 Å². The van der Waals surface area contributed by atoms with E-state index in [0.29, 0.717) is 0 Å². The molecule has 0 fully saturated rings. The highest BCUT2D eigenvalue weighted by molar-refractivity contribution is 5.85. The van der Waals surface area contributed by atoms with Crippen LogP contribution < -0.4 is 9.47 Å². The molecule has 4 nitrogen and oxygen atoms in total. The summed E-state index contributed by atoms with van der Waals surface area (Å²) >= 11 is 0. The molecule has 24 heavy (non-hydrogen) atoms. The van der Waals surface area contributed by atoms with E-state index in [1.165, 1.54) is 12.1 Å². The third kappa shape index (κ3) is 5.68. The quantitative estimate of drug-likeness (QED) is 0.800. The molecule has 1 N–H and O–H groups in total. The number of alkyl halides is 3. The molecule has 0 heterocycles. The van der Waals surface area contributed by atoms with Crippen molar-refractivity contribution in [2.45, 2.75) is 13.0 Å². The van der Waals surface area contributed by atoms with Crippen molar-refractivity contribution in [3.63, 3.8) is 0 Å². The van der Waals surface area contributed by atoms with Crippen LogP contribution in [0.2, 0.25) is 0 Å². The van der Waals surface area contributed by atoms with Gasteiger partial charge in [-0.15, -0.1) is 13.2 Å². The van der Waals surface area contributed by atoms with Gasteiger partial charge in [0.25, 0.3) is 0 Å². The number of benzene rings is 2. The molecule has 2 aromatic rings. The van der Waals surface area contributed by atoms with E-state index in [1.54, 1.807) is 24.3 Å². The van der Waals surface area contributed by atoms with Crippen LogP contribution in [0.1, 0.15) is 11.1 Å². The zero-order chi connectivity index (χ0) is 17.6. The van der Waals surface area contributed by atoms with Gasteiger partial charge in [-0.25, -0.2) is 4.79 Å². The SMILES string of the molecule is O=C(O)/C=C/c1ccc(OCc2ccccc2)c(OC(F)(F)F)c1. The van der Waals surface area contributed by atoms with Crippen LogP contribution in [-0.2, 0) is 11.4 Å². The third-order valence-corrected chi connectivity index (χ3v) is 2.85. The van der Waals surface area contributed by atoms with Crippen LogP contribution in [-0.4, -0.2) is 17.4 Å². The predicted octanol–water partition coefficient (Wildman–Crippen LogP) is 4.26. The summed E-state index contributed by atoms with van der Waals surface area (Å²) in [6, 6.07) is 12.7. The Morgan fingerprint density at radius 2 is 1.79 bits per heavy atom. The normalized spacial score (nSPS) is 11.5. The van der Waals surface area contributed by atoms with Crippen LogP contribution in [0.5, 0.6) is 11.5 Å². The van der Waals surface area contributed by atoms with Crippen molar-refractivity contribution in [3.8, 4) is 11.5 Å². The van der Waals surface area contributed by atoms with E-state index in [9.17, 15) is 18.0 Å². The minimum absolute atomic E-state index is 0.0688. The lowest BCUT2D eigenvalue weighted by atomic mass is 10.2. The average Bonchev–Trinajstić information content (AvgIpc) is 2.51. The molecule has 0 atom stereocenters. The van der Waals surface area contributed by atoms with E-state index in [1.807, 2.05) is 6.07 Å². The Morgan fingerprint density at radius 3 is 2.42 bits per heavy atom. The molecule has 0 saturated carbocycles. The van der Waals surface area contributed by atoms with Crippen molar-refractivity contribution in [2.75, 3.05) is 0 Å². The summed E-state index contributed by atoms with van der Waals surface area (Å²) in [6.45, 7) is 0.0688. The Morgan fingerprint density at radius 1 is 1.08 bits per heavy atom. The van der Waals surface area contributed by atoms with Crippen molar-refractivity contribution in [1.82, 2.24) is 0 Å². The first kappa shape index (κ1) is 17.4. The Kier molecular flexibility index (Phi) is 5.47. The summed E-state index contributed by atoms with van der Waals surface area (Å²) in [5.41, 5.74) is 1.02. The van der Waals surface area contributed by atoms with E-state index in [4.69, 9.17) is 9.84 Å². The molecule has 0 radical (unpaired) electrons. The van der Waals surface area contributed by atoms with Crippen molar-refractivity contribution < 1.29 is 32.5 Å². The smallest absolute Gasteiger partial charge is 0.485 e. The summed E-state index contributed by atoms with van der Waals surface area (Å²) in [5.74, 6) is -1.84. The first-order valence-corrected chi connectivity index (χ1v) is 6.81. The maximum absolute atomic E-state index is 12.5. The van der Waals surface area contributed by atoms with Gasteiger partial charge in [0, 0.05) is 6.08 Å². The Hall–Kier alpha value is -2.96. The maximum atomic E-state index is 12.5. The molecule has 2 rings (SSSR count). The average molecular weight is 338 g/mol. The predicted molar refractivity (Wildman–Crippen MR) is 80.6 cm³/mol. The number of hydrogen-bond donors (Lipinski definition) is 1. The fourth-order valence-corrected chi connectivity index (χ4v) is 1.85. The fraction of sp³-hybridized carbons (Fsp3) is 0.118. The molecule has 0 saturated heterocycles. The molecule has 0 aliphatic rings. The molecule has 0 aliphatic heterocycles. The second kappa shape index (κ2) is 7.54.